The van der Waals surface area contributed by atoms with Crippen molar-refractivity contribution in [1.29, 1.82) is 0 Å². The summed E-state index contributed by atoms with van der Waals surface area (Å²) in [4.78, 5) is 72.9. The number of phosphoric ester groups is 2. The van der Waals surface area contributed by atoms with E-state index in [0.717, 1.165) is 95.8 Å². The first-order valence-electron chi connectivity index (χ1n) is 41.1. The van der Waals surface area contributed by atoms with E-state index in [1.165, 1.54) is 244 Å². The third-order valence-corrected chi connectivity index (χ3v) is 20.4. The molecule has 0 bridgehead atoms. The molecule has 0 aromatic carbocycles. The molecule has 0 rings (SSSR count). The molecule has 0 radical (unpaired) electrons. The van der Waals surface area contributed by atoms with E-state index >= 15 is 0 Å². The molecule has 17 nitrogen and oxygen atoms in total. The largest absolute Gasteiger partial charge is 0.472 e. The van der Waals surface area contributed by atoms with Gasteiger partial charge in [-0.05, 0) is 31.6 Å². The summed E-state index contributed by atoms with van der Waals surface area (Å²) in [5.74, 6) is -1.38. The van der Waals surface area contributed by atoms with Gasteiger partial charge in [-0.25, -0.2) is 9.13 Å². The quantitative estimate of drug-likeness (QED) is 0.0222. The summed E-state index contributed by atoms with van der Waals surface area (Å²) in [5.41, 5.74) is 0. The Balaban J connectivity index is 5.23. The van der Waals surface area contributed by atoms with E-state index in [1.807, 2.05) is 0 Å². The number of unbranched alkanes of at least 4 members (excludes halogenated alkanes) is 51. The highest BCUT2D eigenvalue weighted by molar-refractivity contribution is 7.47. The minimum absolute atomic E-state index is 0.108. The lowest BCUT2D eigenvalue weighted by molar-refractivity contribution is -0.161. The van der Waals surface area contributed by atoms with Gasteiger partial charge in [0.2, 0.25) is 0 Å². The van der Waals surface area contributed by atoms with Crippen molar-refractivity contribution in [1.82, 2.24) is 0 Å². The molecule has 0 amide bonds. The van der Waals surface area contributed by atoms with Crippen LogP contribution in [0.1, 0.15) is 420 Å². The maximum absolute atomic E-state index is 13.1. The van der Waals surface area contributed by atoms with E-state index in [2.05, 4.69) is 34.6 Å². The molecule has 0 saturated carbocycles. The number of esters is 4. The average Bonchev–Trinajstić information content (AvgIpc) is 1.04. The number of aliphatic hydroxyl groups excluding tert-OH is 1. The highest BCUT2D eigenvalue weighted by Gasteiger charge is 2.30. The van der Waals surface area contributed by atoms with Crippen LogP contribution in [-0.4, -0.2) is 96.7 Å². The van der Waals surface area contributed by atoms with Gasteiger partial charge in [0.25, 0.3) is 0 Å². The number of carbonyl (C=O) groups excluding carboxylic acids is 4. The van der Waals surface area contributed by atoms with Crippen molar-refractivity contribution < 1.29 is 80.2 Å². The predicted octanol–water partition coefficient (Wildman–Crippen LogP) is 23.6. The summed E-state index contributed by atoms with van der Waals surface area (Å²) >= 11 is 0. The lowest BCUT2D eigenvalue weighted by atomic mass is 10.0. The summed E-state index contributed by atoms with van der Waals surface area (Å²) in [6, 6.07) is 0. The summed E-state index contributed by atoms with van der Waals surface area (Å²) in [5, 5.41) is 10.6. The first-order chi connectivity index (χ1) is 47.5. The van der Waals surface area contributed by atoms with Crippen molar-refractivity contribution in [2.24, 2.45) is 5.92 Å². The van der Waals surface area contributed by atoms with E-state index in [0.29, 0.717) is 25.7 Å². The Labute approximate surface area is 600 Å². The lowest BCUT2D eigenvalue weighted by Gasteiger charge is -2.21. The van der Waals surface area contributed by atoms with E-state index in [9.17, 15) is 43.2 Å². The number of rotatable bonds is 79. The standard InChI is InChI=1S/C79H154O17P2/c1-6-9-12-15-18-21-24-27-29-30-31-32-33-34-37-40-43-50-55-60-65-79(84)95-74(68-89-76(81)62-57-52-47-41-38-36-28-25-22-19-16-13-10-7-2)70-93-97(85,86)91-66-73(80)67-92-98(87,88)94-71-75(69-90-77(82)63-58-53-48-45-44-46-51-56-61-72(4)5)96-78(83)64-59-54-49-42-39-35-26-23-20-17-14-11-8-3/h72-75,80H,6-71H2,1-5H3,(H,85,86)(H,87,88)/t73-,74-,75-/m1/s1. The van der Waals surface area contributed by atoms with Crippen molar-refractivity contribution in [3.05, 3.63) is 0 Å². The SMILES string of the molecule is CCCCCCCCCCCCCCCCCCCCCCC(=O)O[C@H](COC(=O)CCCCCCCCCCCCCCCC)COP(=O)(O)OC[C@@H](O)COP(=O)(O)OC[C@@H](COC(=O)CCCCCCCCCCC(C)C)OC(=O)CCCCCCCCCCCCCCC. The van der Waals surface area contributed by atoms with Crippen molar-refractivity contribution in [3.8, 4) is 0 Å². The Morgan fingerprint density at radius 1 is 0.276 bits per heavy atom. The van der Waals surface area contributed by atoms with Crippen LogP contribution in [0.5, 0.6) is 0 Å². The smallest absolute Gasteiger partial charge is 0.462 e. The van der Waals surface area contributed by atoms with Crippen LogP contribution in [0.4, 0.5) is 0 Å². The van der Waals surface area contributed by atoms with Gasteiger partial charge in [-0.1, -0.05) is 369 Å². The van der Waals surface area contributed by atoms with Gasteiger partial charge in [-0.2, -0.15) is 0 Å². The van der Waals surface area contributed by atoms with Crippen molar-refractivity contribution in [3.63, 3.8) is 0 Å². The second-order valence-electron chi connectivity index (χ2n) is 28.9. The number of carbonyl (C=O) groups is 4. The fourth-order valence-electron chi connectivity index (χ4n) is 12.2. The van der Waals surface area contributed by atoms with Crippen LogP contribution in [0.25, 0.3) is 0 Å². The molecule has 0 aliphatic rings. The van der Waals surface area contributed by atoms with Gasteiger partial charge in [0.05, 0.1) is 26.4 Å². The van der Waals surface area contributed by atoms with Crippen LogP contribution in [0.2, 0.25) is 0 Å². The molecule has 2 unspecified atom stereocenters. The fourth-order valence-corrected chi connectivity index (χ4v) is 13.8. The first kappa shape index (κ1) is 96.1. The third kappa shape index (κ3) is 72.4. The van der Waals surface area contributed by atoms with Gasteiger partial charge in [0.15, 0.2) is 12.2 Å². The Hall–Kier alpha value is -1.94. The Morgan fingerprint density at radius 2 is 0.469 bits per heavy atom. The first-order valence-corrected chi connectivity index (χ1v) is 44.1. The average molecular weight is 1440 g/mol. The van der Waals surface area contributed by atoms with Crippen LogP contribution in [0.3, 0.4) is 0 Å². The molecule has 0 fully saturated rings. The zero-order chi connectivity index (χ0) is 71.9. The molecule has 3 N–H and O–H groups in total. The number of ether oxygens (including phenoxy) is 4. The van der Waals surface area contributed by atoms with Gasteiger partial charge in [-0.15, -0.1) is 0 Å². The van der Waals surface area contributed by atoms with E-state index < -0.39 is 97.5 Å². The van der Waals surface area contributed by atoms with E-state index in [1.54, 1.807) is 0 Å². The maximum Gasteiger partial charge on any atom is 0.472 e. The van der Waals surface area contributed by atoms with Gasteiger partial charge < -0.3 is 33.8 Å². The summed E-state index contributed by atoms with van der Waals surface area (Å²) in [6.07, 6.45) is 62.4. The van der Waals surface area contributed by atoms with Gasteiger partial charge in [0, 0.05) is 25.7 Å². The number of phosphoric acid groups is 2. The summed E-state index contributed by atoms with van der Waals surface area (Å²) in [7, 11) is -9.91. The summed E-state index contributed by atoms with van der Waals surface area (Å²) < 4.78 is 68.6. The zero-order valence-corrected chi connectivity index (χ0v) is 65.7. The molecule has 0 heterocycles. The molecular weight excluding hydrogens is 1280 g/mol. The predicted molar refractivity (Wildman–Crippen MR) is 400 cm³/mol. The topological polar surface area (TPSA) is 237 Å². The maximum atomic E-state index is 13.1. The van der Waals surface area contributed by atoms with Gasteiger partial charge >= 0.3 is 39.5 Å². The normalized spacial score (nSPS) is 13.9. The van der Waals surface area contributed by atoms with Crippen LogP contribution < -0.4 is 0 Å². The number of hydrogen-bond acceptors (Lipinski definition) is 15. The molecule has 19 heteroatoms. The minimum Gasteiger partial charge on any atom is -0.462 e. The molecule has 0 aliphatic carbocycles. The second-order valence-corrected chi connectivity index (χ2v) is 31.8. The number of hydrogen-bond donors (Lipinski definition) is 3. The third-order valence-electron chi connectivity index (χ3n) is 18.5. The summed E-state index contributed by atoms with van der Waals surface area (Å²) in [6.45, 7) is 7.28. The molecule has 5 atom stereocenters. The molecule has 0 aliphatic heterocycles. The van der Waals surface area contributed by atoms with Crippen molar-refractivity contribution in [2.75, 3.05) is 39.6 Å². The lowest BCUT2D eigenvalue weighted by Crippen LogP contribution is -2.30. The van der Waals surface area contributed by atoms with Crippen molar-refractivity contribution >= 4 is 39.5 Å². The van der Waals surface area contributed by atoms with Crippen LogP contribution in [-0.2, 0) is 65.4 Å². The van der Waals surface area contributed by atoms with Crippen LogP contribution >= 0.6 is 15.6 Å². The molecular formula is C79H154O17P2. The molecule has 98 heavy (non-hydrogen) atoms. The molecule has 0 spiro atoms. The van der Waals surface area contributed by atoms with E-state index in [-0.39, 0.29) is 25.7 Å². The van der Waals surface area contributed by atoms with E-state index in [4.69, 9.17) is 37.0 Å². The Morgan fingerprint density at radius 3 is 0.694 bits per heavy atom. The van der Waals surface area contributed by atoms with Gasteiger partial charge in [0.1, 0.15) is 19.3 Å². The molecule has 582 valence electrons. The highest BCUT2D eigenvalue weighted by atomic mass is 31.2. The Kier molecular flexibility index (Phi) is 70.6. The van der Waals surface area contributed by atoms with Crippen molar-refractivity contribution in [2.45, 2.75) is 438 Å². The zero-order valence-electron chi connectivity index (χ0n) is 63.9. The molecule has 0 saturated heterocycles. The second kappa shape index (κ2) is 72.0. The Bertz CT molecular complexity index is 1870. The fraction of sp³-hybridized carbons (Fsp3) is 0.949. The number of aliphatic hydroxyl groups is 1. The monoisotopic (exact) mass is 1440 g/mol. The van der Waals surface area contributed by atoms with Crippen LogP contribution in [0.15, 0.2) is 0 Å². The van der Waals surface area contributed by atoms with Crippen LogP contribution in [0, 0.1) is 5.92 Å². The molecule has 0 aromatic rings. The highest BCUT2D eigenvalue weighted by Crippen LogP contribution is 2.45. The minimum atomic E-state index is -4.96. The van der Waals surface area contributed by atoms with Gasteiger partial charge in [-0.3, -0.25) is 37.3 Å². The molecule has 0 aromatic heterocycles.